The number of hydrogen-bond acceptors (Lipinski definition) is 3. The van der Waals surface area contributed by atoms with Gasteiger partial charge in [0.1, 0.15) is 5.76 Å². The van der Waals surface area contributed by atoms with Gasteiger partial charge in [0, 0.05) is 19.8 Å². The van der Waals surface area contributed by atoms with Crippen molar-refractivity contribution in [2.24, 2.45) is 10.8 Å². The maximum Gasteiger partial charge on any atom is 0.307 e. The zero-order valence-corrected chi connectivity index (χ0v) is 13.7. The molecule has 21 heavy (non-hydrogen) atoms. The molecule has 0 aromatic rings. The molecule has 0 heterocycles. The normalized spacial score (nSPS) is 22.0. The Labute approximate surface area is 127 Å². The summed E-state index contributed by atoms with van der Waals surface area (Å²) >= 11 is 0. The molecule has 0 unspecified atom stereocenters. The van der Waals surface area contributed by atoms with Gasteiger partial charge in [-0.2, -0.15) is 0 Å². The Hall–Kier alpha value is -1.64. The maximum absolute atomic E-state index is 10.8. The van der Waals surface area contributed by atoms with Crippen molar-refractivity contribution in [3.8, 4) is 0 Å². The Morgan fingerprint density at radius 1 is 1.19 bits per heavy atom. The van der Waals surface area contributed by atoms with Crippen LogP contribution in [-0.4, -0.2) is 11.8 Å². The minimum atomic E-state index is -0.243. The van der Waals surface area contributed by atoms with Crippen LogP contribution in [0.2, 0.25) is 0 Å². The molecular weight excluding hydrogens is 264 g/mol. The third-order valence-electron chi connectivity index (χ3n) is 3.36. The van der Waals surface area contributed by atoms with Gasteiger partial charge in [-0.3, -0.25) is 9.59 Å². The molecule has 0 spiro atoms. The van der Waals surface area contributed by atoms with Crippen molar-refractivity contribution in [3.05, 3.63) is 36.1 Å². The second kappa shape index (κ2) is 6.88. The van der Waals surface area contributed by atoms with E-state index < -0.39 is 0 Å². The highest BCUT2D eigenvalue weighted by Crippen LogP contribution is 2.30. The molecule has 0 aliphatic heterocycles. The Bertz CT molecular complexity index is 491. The molecule has 3 heteroatoms. The van der Waals surface area contributed by atoms with Gasteiger partial charge in [0.25, 0.3) is 0 Å². The van der Waals surface area contributed by atoms with Gasteiger partial charge in [0.2, 0.25) is 0 Å². The first-order chi connectivity index (χ1) is 9.60. The van der Waals surface area contributed by atoms with Crippen LogP contribution in [0.25, 0.3) is 0 Å². The number of rotatable bonds is 1. The topological polar surface area (TPSA) is 43.4 Å². The minimum Gasteiger partial charge on any atom is -0.431 e. The predicted molar refractivity (Wildman–Crippen MR) is 84.5 cm³/mol. The summed E-state index contributed by atoms with van der Waals surface area (Å²) in [5.74, 6) is 0.786. The molecule has 116 valence electrons. The molecule has 2 rings (SSSR count). The monoisotopic (exact) mass is 290 g/mol. The number of carbonyl (C=O) groups is 2. The van der Waals surface area contributed by atoms with Gasteiger partial charge in [-0.25, -0.2) is 0 Å². The number of allylic oxidation sites excluding steroid dienone is 6. The first kappa shape index (κ1) is 17.4. The molecule has 2 aliphatic carbocycles. The molecule has 0 N–H and O–H groups in total. The third-order valence-corrected chi connectivity index (χ3v) is 3.36. The van der Waals surface area contributed by atoms with E-state index in [1.165, 1.54) is 6.92 Å². The number of carbonyl (C=O) groups excluding carboxylic acids is 2. The summed E-state index contributed by atoms with van der Waals surface area (Å²) in [6, 6.07) is 0. The van der Waals surface area contributed by atoms with E-state index >= 15 is 0 Å². The predicted octanol–water partition coefficient (Wildman–Crippen LogP) is 4.35. The summed E-state index contributed by atoms with van der Waals surface area (Å²) in [6.07, 6.45) is 12.1. The lowest BCUT2D eigenvalue weighted by molar-refractivity contribution is -0.137. The van der Waals surface area contributed by atoms with Crippen LogP contribution in [-0.2, 0) is 14.3 Å². The lowest BCUT2D eigenvalue weighted by atomic mass is 9.81. The van der Waals surface area contributed by atoms with Crippen LogP contribution in [0.4, 0.5) is 0 Å². The highest BCUT2D eigenvalue weighted by atomic mass is 16.5. The van der Waals surface area contributed by atoms with E-state index in [0.29, 0.717) is 6.42 Å². The van der Waals surface area contributed by atoms with Crippen molar-refractivity contribution in [2.75, 3.05) is 0 Å². The van der Waals surface area contributed by atoms with Crippen LogP contribution in [0.5, 0.6) is 0 Å². The average molecular weight is 290 g/mol. The first-order valence-electron chi connectivity index (χ1n) is 7.36. The largest absolute Gasteiger partial charge is 0.431 e. The van der Waals surface area contributed by atoms with Crippen LogP contribution in [0.15, 0.2) is 36.1 Å². The second-order valence-corrected chi connectivity index (χ2v) is 7.16. The number of esters is 1. The molecular formula is C18H26O3. The number of ether oxygens (including phenoxy) is 1. The lowest BCUT2D eigenvalue weighted by Crippen LogP contribution is -2.18. The Morgan fingerprint density at radius 3 is 2.29 bits per heavy atom. The summed E-state index contributed by atoms with van der Waals surface area (Å²) in [7, 11) is 0. The van der Waals surface area contributed by atoms with Crippen LogP contribution < -0.4 is 0 Å². The van der Waals surface area contributed by atoms with E-state index in [1.807, 2.05) is 18.2 Å². The van der Waals surface area contributed by atoms with E-state index in [0.717, 1.165) is 18.6 Å². The lowest BCUT2D eigenvalue weighted by Gasteiger charge is -2.23. The first-order valence-corrected chi connectivity index (χ1v) is 7.36. The molecule has 0 bridgehead atoms. The Balaban J connectivity index is 0.000000219. The van der Waals surface area contributed by atoms with Crippen molar-refractivity contribution in [1.29, 1.82) is 0 Å². The summed E-state index contributed by atoms with van der Waals surface area (Å²) in [5, 5.41) is 0. The summed E-state index contributed by atoms with van der Waals surface area (Å²) in [5.41, 5.74) is 0.325. The molecule has 0 amide bonds. The fourth-order valence-electron chi connectivity index (χ4n) is 2.35. The van der Waals surface area contributed by atoms with Gasteiger partial charge in [-0.05, 0) is 29.4 Å². The molecule has 0 fully saturated rings. The van der Waals surface area contributed by atoms with Crippen LogP contribution in [0, 0.1) is 10.8 Å². The van der Waals surface area contributed by atoms with Crippen molar-refractivity contribution in [1.82, 2.24) is 0 Å². The summed E-state index contributed by atoms with van der Waals surface area (Å²) in [6.45, 7) is 9.88. The van der Waals surface area contributed by atoms with Gasteiger partial charge in [-0.15, -0.1) is 0 Å². The molecule has 0 saturated carbocycles. The Kier molecular flexibility index (Phi) is 5.70. The standard InChI is InChI=1S/C10H14O2.C8H12O/c1-8(11)12-9-5-4-6-10(2,3)7-9;1-8(2)5-3-4-7(9)6-8/h4-6H,7H2,1-3H3;3-4H,5-6H2,1-2H3. The highest BCUT2D eigenvalue weighted by Gasteiger charge is 2.22. The second-order valence-electron chi connectivity index (χ2n) is 7.16. The maximum atomic E-state index is 10.8. The fraction of sp³-hybridized carbons (Fsp3) is 0.556. The molecule has 0 aromatic carbocycles. The summed E-state index contributed by atoms with van der Waals surface area (Å²) < 4.78 is 5.00. The van der Waals surface area contributed by atoms with Crippen molar-refractivity contribution in [2.45, 2.75) is 53.9 Å². The van der Waals surface area contributed by atoms with Crippen molar-refractivity contribution >= 4 is 11.8 Å². The molecule has 0 saturated heterocycles. The van der Waals surface area contributed by atoms with Gasteiger partial charge >= 0.3 is 5.97 Å². The van der Waals surface area contributed by atoms with Crippen LogP contribution in [0.3, 0.4) is 0 Å². The van der Waals surface area contributed by atoms with E-state index in [-0.39, 0.29) is 22.6 Å². The Morgan fingerprint density at radius 2 is 1.86 bits per heavy atom. The molecule has 2 aliphatic rings. The van der Waals surface area contributed by atoms with Gasteiger partial charge in [-0.1, -0.05) is 45.9 Å². The van der Waals surface area contributed by atoms with Crippen LogP contribution >= 0.6 is 0 Å². The smallest absolute Gasteiger partial charge is 0.307 e. The van der Waals surface area contributed by atoms with Gasteiger partial charge in [0.05, 0.1) is 0 Å². The van der Waals surface area contributed by atoms with Crippen molar-refractivity contribution < 1.29 is 14.3 Å². The molecule has 0 atom stereocenters. The average Bonchev–Trinajstić information content (AvgIpc) is 2.25. The zero-order valence-electron chi connectivity index (χ0n) is 13.7. The van der Waals surface area contributed by atoms with Gasteiger partial charge in [0.15, 0.2) is 5.78 Å². The van der Waals surface area contributed by atoms with E-state index in [1.54, 1.807) is 6.08 Å². The van der Waals surface area contributed by atoms with Gasteiger partial charge < -0.3 is 4.74 Å². The molecule has 0 radical (unpaired) electrons. The molecule has 3 nitrogen and oxygen atoms in total. The minimum absolute atomic E-state index is 0.111. The zero-order chi connectivity index (χ0) is 16.1. The SMILES string of the molecule is CC(=O)OC1=CC=CC(C)(C)C1.CC1(C)CC=CC(=O)C1. The number of hydrogen-bond donors (Lipinski definition) is 0. The quantitative estimate of drug-likeness (QED) is 0.674. The number of ketones is 1. The summed E-state index contributed by atoms with van der Waals surface area (Å²) in [4.78, 5) is 21.4. The fourth-order valence-corrected chi connectivity index (χ4v) is 2.35. The van der Waals surface area contributed by atoms with Crippen molar-refractivity contribution in [3.63, 3.8) is 0 Å². The molecule has 0 aromatic heterocycles. The van der Waals surface area contributed by atoms with Crippen LogP contribution in [0.1, 0.15) is 53.9 Å². The third kappa shape index (κ3) is 7.07. The van der Waals surface area contributed by atoms with E-state index in [9.17, 15) is 9.59 Å². The van der Waals surface area contributed by atoms with E-state index in [4.69, 9.17) is 4.74 Å². The van der Waals surface area contributed by atoms with E-state index in [2.05, 4.69) is 33.8 Å². The highest BCUT2D eigenvalue weighted by molar-refractivity contribution is 5.90.